The molecule has 0 bridgehead atoms. The molecule has 3 aromatic rings. The average Bonchev–Trinajstić information content (AvgIpc) is 2.79. The number of carbonyl (C=O) groups excluding carboxylic acids is 2. The Morgan fingerprint density at radius 3 is 2.52 bits per heavy atom. The van der Waals surface area contributed by atoms with Crippen LogP contribution in [-0.2, 0) is 4.79 Å². The molecule has 4 rings (SSSR count). The van der Waals surface area contributed by atoms with Crippen molar-refractivity contribution in [3.63, 3.8) is 0 Å². The summed E-state index contributed by atoms with van der Waals surface area (Å²) in [5, 5.41) is 5.07. The van der Waals surface area contributed by atoms with Gasteiger partial charge in [-0.1, -0.05) is 42.5 Å². The summed E-state index contributed by atoms with van der Waals surface area (Å²) in [4.78, 5) is 26.5. The van der Waals surface area contributed by atoms with Crippen molar-refractivity contribution < 1.29 is 18.7 Å². The van der Waals surface area contributed by atoms with Gasteiger partial charge in [-0.2, -0.15) is 0 Å². The number of halogens is 2. The fraction of sp³-hybridized carbons (Fsp3) is 0.250. The van der Waals surface area contributed by atoms with Crippen molar-refractivity contribution in [2.24, 2.45) is 0 Å². The summed E-state index contributed by atoms with van der Waals surface area (Å²) in [6.45, 7) is 0.843. The van der Waals surface area contributed by atoms with Crippen LogP contribution in [0.5, 0.6) is 5.75 Å². The van der Waals surface area contributed by atoms with E-state index in [1.807, 2.05) is 36.4 Å². The molecule has 0 saturated carbocycles. The lowest BCUT2D eigenvalue weighted by Gasteiger charge is -2.32. The third-order valence-corrected chi connectivity index (χ3v) is 6.26. The second-order valence-electron chi connectivity index (χ2n) is 7.50. The first kappa shape index (κ1) is 21.3. The quantitative estimate of drug-likeness (QED) is 0.578. The van der Waals surface area contributed by atoms with Gasteiger partial charge in [0.05, 0.1) is 10.0 Å². The maximum atomic E-state index is 13.9. The highest BCUT2D eigenvalue weighted by Gasteiger charge is 2.26. The molecule has 1 N–H and O–H groups in total. The van der Waals surface area contributed by atoms with Crippen molar-refractivity contribution in [1.29, 1.82) is 0 Å². The van der Waals surface area contributed by atoms with Crippen LogP contribution < -0.4 is 10.1 Å². The standard InChI is InChI=1S/C24H22BrFN2O3/c25-23-18-6-2-1-5-16(18)9-10-21(23)31-15-22(29)27-17-11-13-28(14-12-17)24(30)19-7-3-4-8-20(19)26/h1-10,17H,11-15H2,(H,27,29). The van der Waals surface area contributed by atoms with E-state index in [4.69, 9.17) is 4.74 Å². The van der Waals surface area contributed by atoms with Crippen molar-refractivity contribution >= 4 is 38.5 Å². The Morgan fingerprint density at radius 1 is 1.03 bits per heavy atom. The molecule has 1 aliphatic heterocycles. The predicted octanol–water partition coefficient (Wildman–Crippen LogP) is 4.54. The Morgan fingerprint density at radius 2 is 1.74 bits per heavy atom. The molecule has 0 unspecified atom stereocenters. The Kier molecular flexibility index (Phi) is 6.51. The second kappa shape index (κ2) is 9.47. The molecule has 0 spiro atoms. The first-order valence-corrected chi connectivity index (χ1v) is 11.0. The van der Waals surface area contributed by atoms with Gasteiger partial charge in [0.1, 0.15) is 11.6 Å². The smallest absolute Gasteiger partial charge is 0.258 e. The van der Waals surface area contributed by atoms with Crippen LogP contribution in [-0.4, -0.2) is 42.5 Å². The Balaban J connectivity index is 1.27. The number of hydrogen-bond acceptors (Lipinski definition) is 3. The molecule has 2 amide bonds. The lowest BCUT2D eigenvalue weighted by Crippen LogP contribution is -2.47. The van der Waals surface area contributed by atoms with E-state index in [0.29, 0.717) is 31.7 Å². The molecule has 0 aromatic heterocycles. The van der Waals surface area contributed by atoms with Crippen LogP contribution in [0, 0.1) is 5.82 Å². The van der Waals surface area contributed by atoms with Gasteiger partial charge in [-0.3, -0.25) is 9.59 Å². The lowest BCUT2D eigenvalue weighted by atomic mass is 10.0. The van der Waals surface area contributed by atoms with E-state index in [9.17, 15) is 14.0 Å². The average molecular weight is 485 g/mol. The van der Waals surface area contributed by atoms with E-state index in [1.54, 1.807) is 17.0 Å². The van der Waals surface area contributed by atoms with Gasteiger partial charge in [0.2, 0.25) is 0 Å². The molecule has 1 heterocycles. The monoisotopic (exact) mass is 484 g/mol. The first-order valence-electron chi connectivity index (χ1n) is 10.2. The Labute approximate surface area is 188 Å². The first-order chi connectivity index (χ1) is 15.0. The Hall–Kier alpha value is -2.93. The number of piperidine rings is 1. The van der Waals surface area contributed by atoms with Crippen LogP contribution in [0.15, 0.2) is 65.1 Å². The number of likely N-dealkylation sites (tertiary alicyclic amines) is 1. The number of benzene rings is 3. The van der Waals surface area contributed by atoms with E-state index in [2.05, 4.69) is 21.2 Å². The van der Waals surface area contributed by atoms with Crippen LogP contribution in [0.3, 0.4) is 0 Å². The van der Waals surface area contributed by atoms with E-state index in [-0.39, 0.29) is 30.0 Å². The number of amides is 2. The van der Waals surface area contributed by atoms with Crippen molar-refractivity contribution in [3.8, 4) is 5.75 Å². The number of nitrogens with one attached hydrogen (secondary N) is 1. The minimum Gasteiger partial charge on any atom is -0.483 e. The highest BCUT2D eigenvalue weighted by atomic mass is 79.9. The molecule has 1 saturated heterocycles. The number of fused-ring (bicyclic) bond motifs is 1. The fourth-order valence-corrected chi connectivity index (χ4v) is 4.38. The Bertz CT molecular complexity index is 1110. The van der Waals surface area contributed by atoms with Gasteiger partial charge in [0, 0.05) is 19.1 Å². The van der Waals surface area contributed by atoms with Gasteiger partial charge in [-0.05, 0) is 57.7 Å². The highest BCUT2D eigenvalue weighted by molar-refractivity contribution is 9.10. The summed E-state index contributed by atoms with van der Waals surface area (Å²) in [5.74, 6) is -0.426. The molecule has 3 aromatic carbocycles. The van der Waals surface area contributed by atoms with Crippen molar-refractivity contribution in [2.75, 3.05) is 19.7 Å². The van der Waals surface area contributed by atoms with E-state index in [1.165, 1.54) is 12.1 Å². The predicted molar refractivity (Wildman–Crippen MR) is 121 cm³/mol. The molecule has 1 fully saturated rings. The molecule has 0 radical (unpaired) electrons. The third kappa shape index (κ3) is 4.88. The zero-order valence-corrected chi connectivity index (χ0v) is 18.4. The normalized spacial score (nSPS) is 14.5. The third-order valence-electron chi connectivity index (χ3n) is 5.44. The maximum Gasteiger partial charge on any atom is 0.258 e. The molecule has 7 heteroatoms. The number of carbonyl (C=O) groups is 2. The molecule has 5 nitrogen and oxygen atoms in total. The minimum atomic E-state index is -0.514. The zero-order valence-electron chi connectivity index (χ0n) is 16.8. The van der Waals surface area contributed by atoms with Gasteiger partial charge in [-0.25, -0.2) is 4.39 Å². The van der Waals surface area contributed by atoms with Crippen LogP contribution in [0.4, 0.5) is 4.39 Å². The maximum absolute atomic E-state index is 13.9. The second-order valence-corrected chi connectivity index (χ2v) is 8.29. The number of nitrogens with zero attached hydrogens (tertiary/aromatic N) is 1. The molecule has 0 aliphatic carbocycles. The van der Waals surface area contributed by atoms with Crippen molar-refractivity contribution in [2.45, 2.75) is 18.9 Å². The summed E-state index contributed by atoms with van der Waals surface area (Å²) < 4.78 is 20.4. The molecule has 1 aliphatic rings. The molecular formula is C24H22BrFN2O3. The van der Waals surface area contributed by atoms with Gasteiger partial charge in [-0.15, -0.1) is 0 Å². The van der Waals surface area contributed by atoms with Crippen molar-refractivity contribution in [3.05, 3.63) is 76.5 Å². The largest absolute Gasteiger partial charge is 0.483 e. The summed E-state index contributed by atoms with van der Waals surface area (Å²) in [6, 6.07) is 17.7. The topological polar surface area (TPSA) is 58.6 Å². The van der Waals surface area contributed by atoms with Gasteiger partial charge in [0.15, 0.2) is 6.61 Å². The summed E-state index contributed by atoms with van der Waals surface area (Å²) in [7, 11) is 0. The number of hydrogen-bond donors (Lipinski definition) is 1. The van der Waals surface area contributed by atoms with Crippen LogP contribution in [0.2, 0.25) is 0 Å². The molecule has 160 valence electrons. The summed E-state index contributed by atoms with van der Waals surface area (Å²) in [5.41, 5.74) is 0.0827. The number of ether oxygens (including phenoxy) is 1. The van der Waals surface area contributed by atoms with E-state index < -0.39 is 5.82 Å². The van der Waals surface area contributed by atoms with Gasteiger partial charge < -0.3 is 15.0 Å². The fourth-order valence-electron chi connectivity index (χ4n) is 3.77. The van der Waals surface area contributed by atoms with Crippen LogP contribution in [0.25, 0.3) is 10.8 Å². The molecule has 0 atom stereocenters. The number of rotatable bonds is 5. The lowest BCUT2D eigenvalue weighted by molar-refractivity contribution is -0.124. The minimum absolute atomic E-state index is 0.0409. The van der Waals surface area contributed by atoms with Gasteiger partial charge >= 0.3 is 0 Å². The molecule has 31 heavy (non-hydrogen) atoms. The summed E-state index contributed by atoms with van der Waals surface area (Å²) >= 11 is 3.55. The van der Waals surface area contributed by atoms with E-state index in [0.717, 1.165) is 15.2 Å². The van der Waals surface area contributed by atoms with E-state index >= 15 is 0 Å². The van der Waals surface area contributed by atoms with Crippen LogP contribution >= 0.6 is 15.9 Å². The van der Waals surface area contributed by atoms with Crippen molar-refractivity contribution in [1.82, 2.24) is 10.2 Å². The van der Waals surface area contributed by atoms with Gasteiger partial charge in [0.25, 0.3) is 11.8 Å². The summed E-state index contributed by atoms with van der Waals surface area (Å²) in [6.07, 6.45) is 1.23. The highest BCUT2D eigenvalue weighted by Crippen LogP contribution is 2.33. The zero-order chi connectivity index (χ0) is 21.8. The van der Waals surface area contributed by atoms with Crippen LogP contribution in [0.1, 0.15) is 23.2 Å². The SMILES string of the molecule is O=C(COc1ccc2ccccc2c1Br)NC1CCN(C(=O)c2ccccc2F)CC1. The molecular weight excluding hydrogens is 463 g/mol.